The smallest absolute Gasteiger partial charge is 0.192 e. The number of hydrazine groups is 1. The number of hydrogen-bond acceptors (Lipinski definition) is 16. The molecule has 0 unspecified atom stereocenters. The molecule has 14 nitrogen and oxygen atoms in total. The van der Waals surface area contributed by atoms with Crippen molar-refractivity contribution in [3.8, 4) is 12.3 Å². The largest absolute Gasteiger partial charge is 0.393 e. The molecule has 2 aromatic carbocycles. The van der Waals surface area contributed by atoms with E-state index in [9.17, 15) is 4.79 Å². The Bertz CT molecular complexity index is 2350. The highest BCUT2D eigenvalue weighted by molar-refractivity contribution is 7.99. The van der Waals surface area contributed by atoms with Gasteiger partial charge in [-0.2, -0.15) is 0 Å². The van der Waals surface area contributed by atoms with Gasteiger partial charge in [0.2, 0.25) is 0 Å². The molecule has 17 heteroatoms. The van der Waals surface area contributed by atoms with Gasteiger partial charge in [0.1, 0.15) is 10.5 Å². The van der Waals surface area contributed by atoms with Crippen LogP contribution in [0.25, 0.3) is 10.2 Å². The summed E-state index contributed by atoms with van der Waals surface area (Å²) < 4.78 is 0. The van der Waals surface area contributed by atoms with Crippen molar-refractivity contribution in [2.24, 2.45) is 16.6 Å². The first-order valence-electron chi connectivity index (χ1n) is 23.6. The number of fused-ring (bicyclic) bond motifs is 1. The average molecular weight is 997 g/mol. The molecule has 5 aromatic rings. The van der Waals surface area contributed by atoms with Crippen molar-refractivity contribution < 1.29 is 4.79 Å². The molecule has 0 spiro atoms. The van der Waals surface area contributed by atoms with Crippen LogP contribution in [0.15, 0.2) is 95.2 Å². The minimum atomic E-state index is 0.356. The van der Waals surface area contributed by atoms with Gasteiger partial charge in [0.15, 0.2) is 23.1 Å². The molecule has 1 fully saturated rings. The second-order valence-electron chi connectivity index (χ2n) is 15.9. The lowest BCUT2D eigenvalue weighted by atomic mass is 9.93. The summed E-state index contributed by atoms with van der Waals surface area (Å²) in [6, 6.07) is 21.1. The lowest BCUT2D eigenvalue weighted by Gasteiger charge is -2.26. The molecule has 11 N–H and O–H groups in total. The molecular weight excluding hydrogens is 922 g/mol. The summed E-state index contributed by atoms with van der Waals surface area (Å²) in [4.78, 5) is 29.8. The summed E-state index contributed by atoms with van der Waals surface area (Å²) >= 11 is 8.69. The zero-order chi connectivity index (χ0) is 50.2. The van der Waals surface area contributed by atoms with E-state index in [2.05, 4.69) is 116 Å². The molecule has 1 aliphatic carbocycles. The zero-order valence-electron chi connectivity index (χ0n) is 41.0. The maximum Gasteiger partial charge on any atom is 0.192 e. The maximum atomic E-state index is 11.0. The van der Waals surface area contributed by atoms with Crippen LogP contribution < -0.4 is 48.9 Å². The molecular formula is C52H74ClN13OS2. The van der Waals surface area contributed by atoms with Crippen LogP contribution in [0.3, 0.4) is 0 Å². The van der Waals surface area contributed by atoms with E-state index in [-0.39, 0.29) is 0 Å². The van der Waals surface area contributed by atoms with Crippen molar-refractivity contribution in [1.82, 2.24) is 25.6 Å². The Morgan fingerprint density at radius 3 is 2.32 bits per heavy atom. The van der Waals surface area contributed by atoms with Crippen molar-refractivity contribution in [2.75, 3.05) is 79.3 Å². The first kappa shape index (κ1) is 57.8. The maximum absolute atomic E-state index is 11.0. The fourth-order valence-corrected chi connectivity index (χ4v) is 8.31. The summed E-state index contributed by atoms with van der Waals surface area (Å²) in [5.41, 5.74) is 18.7. The van der Waals surface area contributed by atoms with Gasteiger partial charge in [-0.25, -0.2) is 20.8 Å². The van der Waals surface area contributed by atoms with Crippen LogP contribution >= 0.6 is 34.7 Å². The summed E-state index contributed by atoms with van der Waals surface area (Å²) in [6.45, 7) is 15.8. The number of hydrogen-bond donors (Lipinski definition) is 8. The van der Waals surface area contributed by atoms with Gasteiger partial charge in [-0.3, -0.25) is 14.8 Å². The lowest BCUT2D eigenvalue weighted by molar-refractivity contribution is 0.112. The van der Waals surface area contributed by atoms with E-state index in [1.807, 2.05) is 32.3 Å². The SMILES string of the molecule is C#CCSc1nc(NCCN)c(N)c(N(N)Cc2ccc(Cl)cc2)n1.C=C/C=C(/CCC)N=C.CCCCc1ccc2c(NC)c(C=O)sc2n1.CNCCc1ccc(NCCNC2CCC2)cc1. The fourth-order valence-electron chi connectivity index (χ4n) is 6.65. The van der Waals surface area contributed by atoms with Crippen molar-refractivity contribution in [2.45, 2.75) is 89.4 Å². The summed E-state index contributed by atoms with van der Waals surface area (Å²) in [5, 5.41) is 20.0. The number of carbonyl (C=O) groups is 1. The lowest BCUT2D eigenvalue weighted by Crippen LogP contribution is -2.37. The normalized spacial score (nSPS) is 11.8. The Balaban J connectivity index is 0.000000256. The topological polar surface area (TPSA) is 210 Å². The Morgan fingerprint density at radius 1 is 0.986 bits per heavy atom. The number of aryl methyl sites for hydroxylation is 1. The average Bonchev–Trinajstić information content (AvgIpc) is 3.72. The number of benzene rings is 2. The van der Waals surface area contributed by atoms with Crippen LogP contribution in [0.2, 0.25) is 5.02 Å². The molecule has 0 atom stereocenters. The van der Waals surface area contributed by atoms with Crippen molar-refractivity contribution >= 4 is 86.6 Å². The van der Waals surface area contributed by atoms with E-state index in [0.717, 1.165) is 102 Å². The standard InChI is InChI=1S/C16H20ClN7S.C15H25N3.C13H16N2OS.C8H13N/c1-2-9-25-16-22-14(21-8-7-18)13(19)15(23-16)24(20)10-11-3-5-12(17)6-4-11;1-16-10-9-13-5-7-15(8-6-13)18-12-11-17-14-3-2-4-14;1-3-4-5-9-6-7-10-12(14-2)11(8-16)17-13(10)15-9;1-4-6-8(9-3)7-5-2/h1,3-6H,7-10,18-20H2,(H,21,22,23);5-8,14,16-18H,2-4,9-12H2,1H3;6-8,14H,3-5H2,1-2H3;4,6H,1,3,5,7H2,2H3/b;;;8-6-. The van der Waals surface area contributed by atoms with Crippen LogP contribution in [0.1, 0.15) is 85.3 Å². The number of terminal acetylenes is 1. The fraction of sp³-hybridized carbons (Fsp3) is 0.404. The van der Waals surface area contributed by atoms with Crippen LogP contribution in [-0.2, 0) is 19.4 Å². The van der Waals surface area contributed by atoms with Gasteiger partial charge in [0, 0.05) is 66.8 Å². The van der Waals surface area contributed by atoms with E-state index >= 15 is 0 Å². The number of nitrogens with two attached hydrogens (primary N) is 3. The molecule has 0 radical (unpaired) electrons. The number of anilines is 5. The molecule has 372 valence electrons. The quantitative estimate of drug-likeness (QED) is 0.00315. The minimum Gasteiger partial charge on any atom is -0.393 e. The Labute approximate surface area is 424 Å². The number of unbranched alkanes of at least 4 members (excludes halogenated alkanes) is 1. The van der Waals surface area contributed by atoms with E-state index < -0.39 is 0 Å². The van der Waals surface area contributed by atoms with E-state index in [0.29, 0.717) is 52.9 Å². The highest BCUT2D eigenvalue weighted by Crippen LogP contribution is 2.34. The number of nitrogens with one attached hydrogen (secondary N) is 5. The molecule has 0 saturated heterocycles. The number of rotatable bonds is 25. The van der Waals surface area contributed by atoms with Crippen LogP contribution in [0.4, 0.5) is 28.7 Å². The number of aliphatic imine (C=N–C) groups is 1. The van der Waals surface area contributed by atoms with Crippen molar-refractivity contribution in [3.63, 3.8) is 0 Å². The Kier molecular flexibility index (Phi) is 28.4. The highest BCUT2D eigenvalue weighted by atomic mass is 35.5. The van der Waals surface area contributed by atoms with Crippen LogP contribution in [0.5, 0.6) is 0 Å². The van der Waals surface area contributed by atoms with E-state index in [1.165, 1.54) is 65.0 Å². The number of carbonyl (C=O) groups excluding carboxylic acids is 1. The third-order valence-electron chi connectivity index (χ3n) is 10.6. The van der Waals surface area contributed by atoms with Gasteiger partial charge in [-0.15, -0.1) is 17.8 Å². The van der Waals surface area contributed by atoms with Gasteiger partial charge < -0.3 is 38.1 Å². The predicted molar refractivity (Wildman–Crippen MR) is 299 cm³/mol. The number of allylic oxidation sites excluding steroid dienone is 3. The molecule has 0 aliphatic heterocycles. The second-order valence-corrected chi connectivity index (χ2v) is 18.3. The van der Waals surface area contributed by atoms with Gasteiger partial charge in [0.05, 0.1) is 22.9 Å². The number of aromatic nitrogens is 3. The highest BCUT2D eigenvalue weighted by Gasteiger charge is 2.17. The van der Waals surface area contributed by atoms with Gasteiger partial charge in [-0.1, -0.05) is 99.3 Å². The Hall–Kier alpha value is -5.51. The van der Waals surface area contributed by atoms with E-state index in [1.54, 1.807) is 18.2 Å². The van der Waals surface area contributed by atoms with Crippen molar-refractivity contribution in [3.05, 3.63) is 112 Å². The monoisotopic (exact) mass is 996 g/mol. The second kappa shape index (κ2) is 33.9. The molecule has 3 aromatic heterocycles. The number of nitrogen functional groups attached to an aromatic ring is 1. The number of pyridine rings is 1. The zero-order valence-corrected chi connectivity index (χ0v) is 43.3. The van der Waals surface area contributed by atoms with Crippen molar-refractivity contribution in [1.29, 1.82) is 0 Å². The third-order valence-corrected chi connectivity index (χ3v) is 12.6. The predicted octanol–water partition coefficient (Wildman–Crippen LogP) is 9.74. The molecule has 3 heterocycles. The number of thiophene rings is 1. The number of thioether (sulfide) groups is 1. The van der Waals surface area contributed by atoms with Gasteiger partial charge >= 0.3 is 0 Å². The minimum absolute atomic E-state index is 0.356. The first-order valence-corrected chi connectivity index (χ1v) is 25.7. The summed E-state index contributed by atoms with van der Waals surface area (Å²) in [6.07, 6.45) is 20.5. The Morgan fingerprint density at radius 2 is 1.72 bits per heavy atom. The third kappa shape index (κ3) is 20.9. The van der Waals surface area contributed by atoms with Crippen LogP contribution in [0, 0.1) is 12.3 Å². The van der Waals surface area contributed by atoms with Gasteiger partial charge in [0.25, 0.3) is 0 Å². The number of halogens is 1. The molecule has 0 amide bonds. The molecule has 1 saturated carbocycles. The molecule has 69 heavy (non-hydrogen) atoms. The first-order chi connectivity index (χ1) is 33.6. The number of nitrogens with zero attached hydrogens (tertiary/aromatic N) is 5. The molecule has 1 aliphatic rings. The number of aldehydes is 1. The molecule has 6 rings (SSSR count). The summed E-state index contributed by atoms with van der Waals surface area (Å²) in [5.74, 6) is 10.1. The molecule has 0 bridgehead atoms. The van der Waals surface area contributed by atoms with Crippen LogP contribution in [-0.4, -0.2) is 86.6 Å². The number of likely N-dealkylation sites (N-methyl/N-ethyl adjacent to an activating group) is 1. The van der Waals surface area contributed by atoms with E-state index in [4.69, 9.17) is 35.3 Å². The van der Waals surface area contributed by atoms with Gasteiger partial charge in [-0.05, 0) is 112 Å². The summed E-state index contributed by atoms with van der Waals surface area (Å²) in [7, 11) is 3.82.